The van der Waals surface area contributed by atoms with Crippen molar-refractivity contribution in [3.05, 3.63) is 54.6 Å². The maximum absolute atomic E-state index is 12.0. The number of nitrogens with one attached hydrogen (secondary N) is 1. The molecule has 1 heterocycles. The topological polar surface area (TPSA) is 72.5 Å². The first-order valence-corrected chi connectivity index (χ1v) is 9.63. The third-order valence-corrected chi connectivity index (χ3v) is 5.70. The molecule has 1 amide bonds. The molecule has 0 bridgehead atoms. The Kier molecular flexibility index (Phi) is 4.85. The van der Waals surface area contributed by atoms with Gasteiger partial charge in [0.25, 0.3) is 5.91 Å². The van der Waals surface area contributed by atoms with Gasteiger partial charge in [-0.1, -0.05) is 48.5 Å². The van der Waals surface area contributed by atoms with Gasteiger partial charge in [0.15, 0.2) is 16.4 Å². The Morgan fingerprint density at radius 2 is 1.79 bits per heavy atom. The molecule has 0 unspecified atom stereocenters. The van der Waals surface area contributed by atoms with Crippen LogP contribution in [0.15, 0.2) is 54.6 Å². The second-order valence-electron chi connectivity index (χ2n) is 5.82. The van der Waals surface area contributed by atoms with Gasteiger partial charge in [0.1, 0.15) is 5.75 Å². The molecule has 0 radical (unpaired) electrons. The summed E-state index contributed by atoms with van der Waals surface area (Å²) in [5.74, 6) is 0.465. The largest absolute Gasteiger partial charge is 0.483 e. The van der Waals surface area contributed by atoms with Crippen molar-refractivity contribution >= 4 is 15.7 Å². The van der Waals surface area contributed by atoms with E-state index in [1.54, 1.807) is 0 Å². The van der Waals surface area contributed by atoms with Gasteiger partial charge in [0.2, 0.25) is 0 Å². The first kappa shape index (κ1) is 16.5. The third kappa shape index (κ3) is 4.14. The second-order valence-corrected chi connectivity index (χ2v) is 8.05. The summed E-state index contributed by atoms with van der Waals surface area (Å²) < 4.78 is 28.5. The van der Waals surface area contributed by atoms with E-state index in [0.717, 1.165) is 11.1 Å². The summed E-state index contributed by atoms with van der Waals surface area (Å²) in [6.45, 7) is -0.138. The monoisotopic (exact) mass is 345 g/mol. The van der Waals surface area contributed by atoms with E-state index in [1.807, 2.05) is 54.6 Å². The summed E-state index contributed by atoms with van der Waals surface area (Å²) in [6, 6.07) is 17.0. The lowest BCUT2D eigenvalue weighted by Crippen LogP contribution is -2.38. The van der Waals surface area contributed by atoms with Crippen molar-refractivity contribution in [2.75, 3.05) is 18.1 Å². The molecule has 0 aromatic heterocycles. The van der Waals surface area contributed by atoms with Crippen molar-refractivity contribution in [3.8, 4) is 16.9 Å². The van der Waals surface area contributed by atoms with Gasteiger partial charge >= 0.3 is 0 Å². The molecule has 1 atom stereocenters. The Balaban J connectivity index is 1.62. The minimum Gasteiger partial charge on any atom is -0.483 e. The maximum atomic E-state index is 12.0. The lowest BCUT2D eigenvalue weighted by Gasteiger charge is -2.14. The van der Waals surface area contributed by atoms with E-state index in [9.17, 15) is 13.2 Å². The lowest BCUT2D eigenvalue weighted by atomic mass is 10.1. The summed E-state index contributed by atoms with van der Waals surface area (Å²) in [6.07, 6.45) is 0.467. The zero-order valence-corrected chi connectivity index (χ0v) is 14.0. The molecule has 1 aliphatic heterocycles. The highest BCUT2D eigenvalue weighted by Gasteiger charge is 2.28. The normalized spacial score (nSPS) is 18.9. The Labute approximate surface area is 141 Å². The second kappa shape index (κ2) is 7.05. The predicted molar refractivity (Wildman–Crippen MR) is 92.6 cm³/mol. The minimum absolute atomic E-state index is 0.0132. The zero-order chi connectivity index (χ0) is 17.0. The fourth-order valence-corrected chi connectivity index (χ4v) is 4.44. The quantitative estimate of drug-likeness (QED) is 0.900. The zero-order valence-electron chi connectivity index (χ0n) is 13.1. The number of carbonyl (C=O) groups excluding carboxylic acids is 1. The van der Waals surface area contributed by atoms with Crippen molar-refractivity contribution < 1.29 is 17.9 Å². The lowest BCUT2D eigenvalue weighted by molar-refractivity contribution is -0.123. The van der Waals surface area contributed by atoms with E-state index in [1.165, 1.54) is 0 Å². The van der Waals surface area contributed by atoms with Crippen molar-refractivity contribution in [3.63, 3.8) is 0 Å². The molecule has 0 aliphatic carbocycles. The Morgan fingerprint density at radius 1 is 1.08 bits per heavy atom. The molecule has 1 aliphatic rings. The van der Waals surface area contributed by atoms with Crippen LogP contribution in [0.4, 0.5) is 0 Å². The van der Waals surface area contributed by atoms with Gasteiger partial charge in [-0.2, -0.15) is 0 Å². The average Bonchev–Trinajstić information content (AvgIpc) is 2.92. The van der Waals surface area contributed by atoms with E-state index in [4.69, 9.17) is 4.74 Å². The highest BCUT2D eigenvalue weighted by molar-refractivity contribution is 7.91. The number of hydrogen-bond donors (Lipinski definition) is 1. The van der Waals surface area contributed by atoms with Crippen LogP contribution in [0.25, 0.3) is 11.1 Å². The molecular formula is C18H19NO4S. The van der Waals surface area contributed by atoms with Gasteiger partial charge in [-0.25, -0.2) is 8.42 Å². The van der Waals surface area contributed by atoms with Gasteiger partial charge < -0.3 is 10.1 Å². The van der Waals surface area contributed by atoms with Crippen LogP contribution in [-0.4, -0.2) is 38.5 Å². The number of amides is 1. The highest BCUT2D eigenvalue weighted by Crippen LogP contribution is 2.29. The van der Waals surface area contributed by atoms with Crippen LogP contribution in [0.3, 0.4) is 0 Å². The van der Waals surface area contributed by atoms with Crippen molar-refractivity contribution in [2.24, 2.45) is 0 Å². The van der Waals surface area contributed by atoms with E-state index in [0.29, 0.717) is 12.2 Å². The maximum Gasteiger partial charge on any atom is 0.258 e. The van der Waals surface area contributed by atoms with E-state index >= 15 is 0 Å². The van der Waals surface area contributed by atoms with Gasteiger partial charge in [0.05, 0.1) is 11.5 Å². The van der Waals surface area contributed by atoms with E-state index in [2.05, 4.69) is 5.32 Å². The van der Waals surface area contributed by atoms with E-state index in [-0.39, 0.29) is 30.1 Å². The van der Waals surface area contributed by atoms with Gasteiger partial charge in [-0.15, -0.1) is 0 Å². The summed E-state index contributed by atoms with van der Waals surface area (Å²) >= 11 is 0. The molecule has 5 nitrogen and oxygen atoms in total. The number of para-hydroxylation sites is 1. The van der Waals surface area contributed by atoms with Crippen molar-refractivity contribution in [1.29, 1.82) is 0 Å². The molecule has 0 spiro atoms. The van der Waals surface area contributed by atoms with E-state index < -0.39 is 9.84 Å². The summed E-state index contributed by atoms with van der Waals surface area (Å²) in [5.41, 5.74) is 1.92. The highest BCUT2D eigenvalue weighted by atomic mass is 32.2. The fourth-order valence-electron chi connectivity index (χ4n) is 2.77. The first-order valence-electron chi connectivity index (χ1n) is 7.80. The molecule has 1 fully saturated rings. The molecular weight excluding hydrogens is 326 g/mol. The van der Waals surface area contributed by atoms with Crippen molar-refractivity contribution in [2.45, 2.75) is 12.5 Å². The van der Waals surface area contributed by atoms with Gasteiger partial charge in [-0.3, -0.25) is 4.79 Å². The summed E-state index contributed by atoms with van der Waals surface area (Å²) in [7, 11) is -3.01. The van der Waals surface area contributed by atoms with Crippen molar-refractivity contribution in [1.82, 2.24) is 5.32 Å². The van der Waals surface area contributed by atoms with Crippen LogP contribution in [-0.2, 0) is 14.6 Å². The Bertz CT molecular complexity index is 818. The van der Waals surface area contributed by atoms with Gasteiger partial charge in [0, 0.05) is 11.6 Å². The number of ether oxygens (including phenoxy) is 1. The molecule has 1 N–H and O–H groups in total. The summed E-state index contributed by atoms with van der Waals surface area (Å²) in [4.78, 5) is 12.0. The number of sulfone groups is 1. The molecule has 1 saturated heterocycles. The SMILES string of the molecule is O=C(COc1ccccc1-c1ccccc1)N[C@H]1CCS(=O)(=O)C1. The minimum atomic E-state index is -3.01. The predicted octanol–water partition coefficient (Wildman–Crippen LogP) is 2.04. The molecule has 2 aromatic carbocycles. The molecule has 126 valence electrons. The molecule has 0 saturated carbocycles. The molecule has 24 heavy (non-hydrogen) atoms. The van der Waals surface area contributed by atoms with Crippen LogP contribution in [0.2, 0.25) is 0 Å². The molecule has 2 aromatic rings. The smallest absolute Gasteiger partial charge is 0.258 e. The van der Waals surface area contributed by atoms with Crippen LogP contribution >= 0.6 is 0 Å². The summed E-state index contributed by atoms with van der Waals surface area (Å²) in [5, 5.41) is 2.72. The van der Waals surface area contributed by atoms with Crippen LogP contribution < -0.4 is 10.1 Å². The number of carbonyl (C=O) groups is 1. The first-order chi connectivity index (χ1) is 11.5. The molecule has 3 rings (SSSR count). The van der Waals surface area contributed by atoms with Gasteiger partial charge in [-0.05, 0) is 18.1 Å². The van der Waals surface area contributed by atoms with Crippen LogP contribution in [0.1, 0.15) is 6.42 Å². The number of hydrogen-bond acceptors (Lipinski definition) is 4. The molecule has 6 heteroatoms. The number of rotatable bonds is 5. The van der Waals surface area contributed by atoms with Crippen LogP contribution in [0.5, 0.6) is 5.75 Å². The number of benzene rings is 2. The average molecular weight is 345 g/mol. The Hall–Kier alpha value is -2.34. The fraction of sp³-hybridized carbons (Fsp3) is 0.278. The third-order valence-electron chi connectivity index (χ3n) is 3.93. The van der Waals surface area contributed by atoms with Crippen LogP contribution in [0, 0.1) is 0 Å². The Morgan fingerprint density at radius 3 is 2.50 bits per heavy atom. The standard InChI is InChI=1S/C18H19NO4S/c20-18(19-15-10-11-24(21,22)13-15)12-23-17-9-5-4-8-16(17)14-6-2-1-3-7-14/h1-9,15H,10-13H2,(H,19,20)/t15-/m0/s1.